The first-order valence-electron chi connectivity index (χ1n) is 10.2. The van der Waals surface area contributed by atoms with Gasteiger partial charge in [-0.25, -0.2) is 0 Å². The van der Waals surface area contributed by atoms with Crippen molar-refractivity contribution in [1.82, 2.24) is 0 Å². The van der Waals surface area contributed by atoms with Crippen LogP contribution in [0.4, 0.5) is 11.4 Å². The van der Waals surface area contributed by atoms with Gasteiger partial charge in [-0.2, -0.15) is 13.7 Å². The molecule has 0 aliphatic heterocycles. The molecule has 0 spiro atoms. The van der Waals surface area contributed by atoms with Crippen molar-refractivity contribution in [3.63, 3.8) is 0 Å². The first-order chi connectivity index (χ1) is 16.7. The number of carbonyl (C=O) groups is 1. The minimum atomic E-state index is -4.32. The quantitative estimate of drug-likeness (QED) is 0.152. The highest BCUT2D eigenvalue weighted by Crippen LogP contribution is 2.32. The van der Waals surface area contributed by atoms with Gasteiger partial charge in [-0.15, -0.1) is 0 Å². The third-order valence-corrected chi connectivity index (χ3v) is 5.76. The molecule has 3 rings (SSSR count). The smallest absolute Gasteiger partial charge is 0.339 e. The second-order valence-electron chi connectivity index (χ2n) is 6.92. The molecule has 0 fully saturated rings. The number of benzene rings is 3. The van der Waals surface area contributed by atoms with Crippen LogP contribution in [0.2, 0.25) is 0 Å². The number of hydrogen-bond donors (Lipinski definition) is 1. The van der Waals surface area contributed by atoms with E-state index in [4.69, 9.17) is 8.92 Å². The summed E-state index contributed by atoms with van der Waals surface area (Å²) >= 11 is 0. The highest BCUT2D eigenvalue weighted by atomic mass is 32.2. The average molecular weight is 493 g/mol. The first-order valence-corrected chi connectivity index (χ1v) is 11.6. The van der Waals surface area contributed by atoms with Crippen molar-refractivity contribution in [3.8, 4) is 17.6 Å². The van der Waals surface area contributed by atoms with Crippen LogP contribution < -0.4 is 14.2 Å². The Morgan fingerprint density at radius 2 is 1.77 bits per heavy atom. The summed E-state index contributed by atoms with van der Waals surface area (Å²) in [6, 6.07) is 18.9. The van der Waals surface area contributed by atoms with Gasteiger partial charge in [0.25, 0.3) is 11.6 Å². The number of nitrogens with zero attached hydrogens (tertiary/aromatic N) is 2. The van der Waals surface area contributed by atoms with E-state index in [-0.39, 0.29) is 34.3 Å². The molecule has 0 aliphatic carbocycles. The number of amides is 1. The lowest BCUT2D eigenvalue weighted by molar-refractivity contribution is -0.384. The second kappa shape index (κ2) is 11.0. The lowest BCUT2D eigenvalue weighted by Crippen LogP contribution is -2.13. The van der Waals surface area contributed by atoms with E-state index in [0.29, 0.717) is 11.3 Å². The Morgan fingerprint density at radius 1 is 1.09 bits per heavy atom. The summed E-state index contributed by atoms with van der Waals surface area (Å²) in [6.45, 7) is 1.87. The number of nitro benzene ring substituents is 1. The summed E-state index contributed by atoms with van der Waals surface area (Å²) < 4.78 is 36.0. The Balaban J connectivity index is 1.87. The number of non-ortho nitro benzene ring substituents is 1. The number of para-hydroxylation sites is 1. The zero-order chi connectivity index (χ0) is 25.4. The molecule has 0 radical (unpaired) electrons. The summed E-state index contributed by atoms with van der Waals surface area (Å²) in [5.74, 6) is -0.681. The first kappa shape index (κ1) is 24.9. The summed E-state index contributed by atoms with van der Waals surface area (Å²) in [5, 5.41) is 22.8. The van der Waals surface area contributed by atoms with Crippen LogP contribution in [0, 0.1) is 21.4 Å². The number of nitriles is 1. The van der Waals surface area contributed by atoms with Crippen molar-refractivity contribution < 1.29 is 27.1 Å². The zero-order valence-corrected chi connectivity index (χ0v) is 19.2. The minimum Gasteiger partial charge on any atom is -0.490 e. The Morgan fingerprint density at radius 3 is 2.37 bits per heavy atom. The Bertz CT molecular complexity index is 1410. The fourth-order valence-electron chi connectivity index (χ4n) is 2.89. The maximum atomic E-state index is 12.7. The molecule has 0 atom stereocenters. The van der Waals surface area contributed by atoms with Crippen LogP contribution in [0.15, 0.2) is 83.3 Å². The molecule has 10 nitrogen and oxygen atoms in total. The van der Waals surface area contributed by atoms with Crippen molar-refractivity contribution in [3.05, 3.63) is 94.0 Å². The number of hydrogen-bond acceptors (Lipinski definition) is 8. The zero-order valence-electron chi connectivity index (χ0n) is 18.4. The van der Waals surface area contributed by atoms with Gasteiger partial charge in [0.05, 0.1) is 11.5 Å². The van der Waals surface area contributed by atoms with E-state index in [0.717, 1.165) is 24.3 Å². The van der Waals surface area contributed by atoms with Gasteiger partial charge in [-0.1, -0.05) is 24.3 Å². The van der Waals surface area contributed by atoms with E-state index in [9.17, 15) is 28.6 Å². The molecule has 35 heavy (non-hydrogen) atoms. The lowest BCUT2D eigenvalue weighted by atomic mass is 10.1. The molecule has 1 amide bonds. The van der Waals surface area contributed by atoms with Gasteiger partial charge >= 0.3 is 10.1 Å². The number of rotatable bonds is 9. The van der Waals surface area contributed by atoms with E-state index in [1.807, 2.05) is 6.07 Å². The highest BCUT2D eigenvalue weighted by molar-refractivity contribution is 7.87. The number of nitrogens with one attached hydrogen (secondary N) is 1. The fraction of sp³-hybridized carbons (Fsp3) is 0.0833. The molecule has 11 heteroatoms. The molecule has 0 bridgehead atoms. The van der Waals surface area contributed by atoms with Gasteiger partial charge in [-0.3, -0.25) is 14.9 Å². The van der Waals surface area contributed by atoms with Gasteiger partial charge < -0.3 is 14.2 Å². The third-order valence-electron chi connectivity index (χ3n) is 4.51. The molecule has 0 unspecified atom stereocenters. The van der Waals surface area contributed by atoms with Crippen molar-refractivity contribution in [1.29, 1.82) is 5.26 Å². The standard InChI is InChI=1S/C24H19N3O7S/c1-2-33-23-15-17(14-18(16-25)24(28)26-19-6-4-3-5-7-19)8-13-22(23)34-35(31,32)21-11-9-20(10-12-21)27(29)30/h3-15H,2H2,1H3,(H,26,28)/b18-14+. The SMILES string of the molecule is CCOc1cc(/C=C(\C#N)C(=O)Nc2ccccc2)ccc1OS(=O)(=O)c1ccc([N+](=O)[O-])cc1. The number of anilines is 1. The molecule has 0 saturated carbocycles. The average Bonchev–Trinajstić information content (AvgIpc) is 2.84. The number of nitro groups is 1. The molecule has 0 aromatic heterocycles. The van der Waals surface area contributed by atoms with Gasteiger partial charge in [-0.05, 0) is 55.0 Å². The summed E-state index contributed by atoms with van der Waals surface area (Å²) in [7, 11) is -4.32. The predicted octanol–water partition coefficient (Wildman–Crippen LogP) is 4.31. The van der Waals surface area contributed by atoms with E-state index in [2.05, 4.69) is 5.32 Å². The minimum absolute atomic E-state index is 0.0625. The maximum Gasteiger partial charge on any atom is 0.339 e. The summed E-state index contributed by atoms with van der Waals surface area (Å²) in [4.78, 5) is 22.3. The molecule has 0 aliphatic rings. The van der Waals surface area contributed by atoms with Gasteiger partial charge in [0.1, 0.15) is 16.5 Å². The monoisotopic (exact) mass is 493 g/mol. The highest BCUT2D eigenvalue weighted by Gasteiger charge is 2.21. The van der Waals surface area contributed by atoms with Crippen LogP contribution >= 0.6 is 0 Å². The van der Waals surface area contributed by atoms with E-state index >= 15 is 0 Å². The van der Waals surface area contributed by atoms with Gasteiger partial charge in [0.15, 0.2) is 11.5 Å². The van der Waals surface area contributed by atoms with Crippen LogP contribution in [0.25, 0.3) is 6.08 Å². The third kappa shape index (κ3) is 6.43. The Hall–Kier alpha value is -4.69. The van der Waals surface area contributed by atoms with Crippen LogP contribution in [-0.4, -0.2) is 25.9 Å². The van der Waals surface area contributed by atoms with Crippen molar-refractivity contribution in [2.24, 2.45) is 0 Å². The van der Waals surface area contributed by atoms with Crippen LogP contribution in [0.5, 0.6) is 11.5 Å². The topological polar surface area (TPSA) is 149 Å². The van der Waals surface area contributed by atoms with Crippen molar-refractivity contribution in [2.45, 2.75) is 11.8 Å². The maximum absolute atomic E-state index is 12.7. The normalized spacial score (nSPS) is 11.3. The molecule has 1 N–H and O–H groups in total. The second-order valence-corrected chi connectivity index (χ2v) is 8.46. The largest absolute Gasteiger partial charge is 0.490 e. The predicted molar refractivity (Wildman–Crippen MR) is 127 cm³/mol. The van der Waals surface area contributed by atoms with Crippen LogP contribution in [0.3, 0.4) is 0 Å². The molecule has 178 valence electrons. The number of carbonyl (C=O) groups excluding carboxylic acids is 1. The summed E-state index contributed by atoms with van der Waals surface area (Å²) in [5.41, 5.74) is 0.477. The lowest BCUT2D eigenvalue weighted by Gasteiger charge is -2.13. The Kier molecular flexibility index (Phi) is 7.81. The molecule has 3 aromatic rings. The van der Waals surface area contributed by atoms with E-state index in [1.54, 1.807) is 37.3 Å². The van der Waals surface area contributed by atoms with E-state index in [1.165, 1.54) is 24.3 Å². The van der Waals surface area contributed by atoms with Crippen LogP contribution in [0.1, 0.15) is 12.5 Å². The molecular formula is C24H19N3O7S. The number of ether oxygens (including phenoxy) is 1. The molecule has 0 heterocycles. The van der Waals surface area contributed by atoms with Crippen molar-refractivity contribution >= 4 is 33.5 Å². The van der Waals surface area contributed by atoms with Crippen LogP contribution in [-0.2, 0) is 14.9 Å². The van der Waals surface area contributed by atoms with E-state index < -0.39 is 20.9 Å². The van der Waals surface area contributed by atoms with Gasteiger partial charge in [0.2, 0.25) is 0 Å². The summed E-state index contributed by atoms with van der Waals surface area (Å²) in [6.07, 6.45) is 1.33. The molecule has 0 saturated heterocycles. The fourth-order valence-corrected chi connectivity index (χ4v) is 3.83. The van der Waals surface area contributed by atoms with Gasteiger partial charge in [0, 0.05) is 17.8 Å². The van der Waals surface area contributed by atoms with Crippen molar-refractivity contribution in [2.75, 3.05) is 11.9 Å². The molecular weight excluding hydrogens is 474 g/mol. The molecule has 3 aromatic carbocycles. The Labute approximate surface area is 201 Å².